The van der Waals surface area contributed by atoms with Gasteiger partial charge in [-0.1, -0.05) is 35.9 Å². The van der Waals surface area contributed by atoms with Gasteiger partial charge in [0.1, 0.15) is 23.3 Å². The Morgan fingerprint density at radius 2 is 1.85 bits per heavy atom. The number of urea groups is 1. The zero-order chi connectivity index (χ0) is 33.7. The van der Waals surface area contributed by atoms with E-state index in [1.807, 2.05) is 19.1 Å². The van der Waals surface area contributed by atoms with Crippen molar-refractivity contribution in [1.29, 1.82) is 0 Å². The van der Waals surface area contributed by atoms with E-state index in [-0.39, 0.29) is 35.0 Å². The standard InChI is InChI=1S/C32H33ClN5O8P/c1-18-6-4-5-7-20(18)17-45-47(43,37-19(2)31(40)41)38-30(39)24-15-23-27(16-29(24)44-3)34-13-12-28(23)46-22-10-11-26(25(33)14-22)36-32(42)35-21-8-9-21/h4-7,10-16,19,21H,8-9,17H2,1-3H3,(H,40,41)(H2,35,36,42)(H2,37,38,39,43). The summed E-state index contributed by atoms with van der Waals surface area (Å²) in [5.41, 5.74) is 2.35. The van der Waals surface area contributed by atoms with Crippen LogP contribution in [-0.2, 0) is 20.5 Å². The van der Waals surface area contributed by atoms with Gasteiger partial charge in [-0.05, 0) is 62.1 Å². The van der Waals surface area contributed by atoms with Crippen molar-refractivity contribution in [3.63, 3.8) is 0 Å². The molecule has 1 aliphatic carbocycles. The van der Waals surface area contributed by atoms with Crippen LogP contribution in [-0.4, -0.2) is 47.2 Å². The first-order valence-electron chi connectivity index (χ1n) is 14.6. The van der Waals surface area contributed by atoms with Crippen LogP contribution < -0.4 is 30.3 Å². The van der Waals surface area contributed by atoms with Gasteiger partial charge in [0.25, 0.3) is 5.91 Å². The first-order chi connectivity index (χ1) is 22.4. The number of aryl methyl sites for hydroxylation is 1. The highest BCUT2D eigenvalue weighted by atomic mass is 35.5. The van der Waals surface area contributed by atoms with Crippen molar-refractivity contribution >= 4 is 53.8 Å². The summed E-state index contributed by atoms with van der Waals surface area (Å²) in [6, 6.07) is 15.1. The number of anilines is 1. The minimum atomic E-state index is -4.30. The molecule has 1 aromatic heterocycles. The second-order valence-corrected chi connectivity index (χ2v) is 13.1. The molecule has 1 aliphatic rings. The Hall–Kier alpha value is -4.68. The number of amides is 3. The van der Waals surface area contributed by atoms with Gasteiger partial charge in [-0.25, -0.2) is 14.4 Å². The van der Waals surface area contributed by atoms with Crippen LogP contribution in [0.4, 0.5) is 10.5 Å². The van der Waals surface area contributed by atoms with E-state index in [9.17, 15) is 24.1 Å². The summed E-state index contributed by atoms with van der Waals surface area (Å²) in [5.74, 6) is -1.38. The van der Waals surface area contributed by atoms with Crippen LogP contribution in [0.25, 0.3) is 10.9 Å². The molecule has 13 nitrogen and oxygen atoms in total. The van der Waals surface area contributed by atoms with Crippen LogP contribution in [0, 0.1) is 6.92 Å². The molecule has 0 aliphatic heterocycles. The van der Waals surface area contributed by atoms with E-state index in [0.29, 0.717) is 33.7 Å². The molecule has 0 radical (unpaired) electrons. The van der Waals surface area contributed by atoms with Gasteiger partial charge >= 0.3 is 19.7 Å². The van der Waals surface area contributed by atoms with Crippen LogP contribution in [0.5, 0.6) is 17.2 Å². The van der Waals surface area contributed by atoms with E-state index in [0.717, 1.165) is 18.4 Å². The quantitative estimate of drug-likeness (QED) is 0.0993. The smallest absolute Gasteiger partial charge is 0.369 e. The fourth-order valence-corrected chi connectivity index (χ4v) is 6.23. The summed E-state index contributed by atoms with van der Waals surface area (Å²) in [7, 11) is -2.94. The summed E-state index contributed by atoms with van der Waals surface area (Å²) in [5, 5.41) is 20.4. The minimum Gasteiger partial charge on any atom is -0.496 e. The molecule has 5 rings (SSSR count). The van der Waals surface area contributed by atoms with Crippen LogP contribution in [0.3, 0.4) is 0 Å². The van der Waals surface area contributed by atoms with Crippen LogP contribution in [0.15, 0.2) is 66.9 Å². The van der Waals surface area contributed by atoms with E-state index < -0.39 is 25.6 Å². The fraction of sp³-hybridized carbons (Fsp3) is 0.250. The fourth-order valence-electron chi connectivity index (χ4n) is 4.48. The topological polar surface area (TPSA) is 177 Å². The van der Waals surface area contributed by atoms with Crippen LogP contribution in [0.1, 0.15) is 41.3 Å². The second kappa shape index (κ2) is 14.4. The molecule has 0 spiro atoms. The van der Waals surface area contributed by atoms with Crippen molar-refractivity contribution in [2.24, 2.45) is 0 Å². The number of methoxy groups -OCH3 is 1. The molecule has 15 heteroatoms. The number of carbonyl (C=O) groups excluding carboxylic acids is 2. The number of hydrogen-bond acceptors (Lipinski definition) is 8. The number of pyridine rings is 1. The molecule has 1 heterocycles. The van der Waals surface area contributed by atoms with Gasteiger partial charge in [0, 0.05) is 29.8 Å². The Morgan fingerprint density at radius 3 is 2.53 bits per heavy atom. The number of carbonyl (C=O) groups is 3. The monoisotopic (exact) mass is 681 g/mol. The zero-order valence-electron chi connectivity index (χ0n) is 25.7. The van der Waals surface area contributed by atoms with Gasteiger partial charge in [0.05, 0.1) is 35.5 Å². The van der Waals surface area contributed by atoms with Crippen molar-refractivity contribution in [2.45, 2.75) is 45.4 Å². The lowest BCUT2D eigenvalue weighted by atomic mass is 10.1. The van der Waals surface area contributed by atoms with Crippen molar-refractivity contribution in [3.8, 4) is 17.2 Å². The summed E-state index contributed by atoms with van der Waals surface area (Å²) < 4.78 is 31.1. The lowest BCUT2D eigenvalue weighted by Gasteiger charge is -2.23. The number of nitrogens with zero attached hydrogens (tertiary/aromatic N) is 1. The molecule has 1 saturated carbocycles. The summed E-state index contributed by atoms with van der Waals surface area (Å²) >= 11 is 6.42. The Morgan fingerprint density at radius 1 is 1.09 bits per heavy atom. The molecule has 2 atom stereocenters. The summed E-state index contributed by atoms with van der Waals surface area (Å²) in [4.78, 5) is 41.8. The number of rotatable bonds is 13. The van der Waals surface area contributed by atoms with Gasteiger partial charge in [0.2, 0.25) is 0 Å². The maximum absolute atomic E-state index is 13.9. The number of benzene rings is 3. The molecule has 246 valence electrons. The maximum atomic E-state index is 13.9. The number of halogens is 1. The molecule has 4 aromatic rings. The number of aromatic nitrogens is 1. The predicted octanol–water partition coefficient (Wildman–Crippen LogP) is 6.40. The van der Waals surface area contributed by atoms with Gasteiger partial charge in [-0.15, -0.1) is 0 Å². The highest BCUT2D eigenvalue weighted by Crippen LogP contribution is 2.41. The lowest BCUT2D eigenvalue weighted by molar-refractivity contribution is -0.138. The average Bonchev–Trinajstić information content (AvgIpc) is 3.85. The van der Waals surface area contributed by atoms with Crippen molar-refractivity contribution in [2.75, 3.05) is 12.4 Å². The maximum Gasteiger partial charge on any atom is 0.369 e. The molecular formula is C32H33ClN5O8P. The van der Waals surface area contributed by atoms with Gasteiger partial charge in [-0.2, -0.15) is 0 Å². The summed E-state index contributed by atoms with van der Waals surface area (Å²) in [6.45, 7) is 2.96. The lowest BCUT2D eigenvalue weighted by Crippen LogP contribution is -2.38. The second-order valence-electron chi connectivity index (χ2n) is 10.9. The van der Waals surface area contributed by atoms with Gasteiger partial charge in [-0.3, -0.25) is 24.2 Å². The Balaban J connectivity index is 1.41. The Labute approximate surface area is 275 Å². The van der Waals surface area contributed by atoms with Crippen molar-refractivity contribution in [1.82, 2.24) is 20.5 Å². The number of fused-ring (bicyclic) bond motifs is 1. The molecule has 47 heavy (non-hydrogen) atoms. The third-order valence-electron chi connectivity index (χ3n) is 7.24. The van der Waals surface area contributed by atoms with Crippen molar-refractivity contribution < 1.29 is 38.1 Å². The van der Waals surface area contributed by atoms with E-state index in [2.05, 4.69) is 25.8 Å². The van der Waals surface area contributed by atoms with E-state index in [1.54, 1.807) is 30.3 Å². The third kappa shape index (κ3) is 8.57. The molecule has 3 aromatic carbocycles. The van der Waals surface area contributed by atoms with E-state index in [1.165, 1.54) is 38.4 Å². The number of carboxylic acid groups (broad SMARTS) is 1. The highest BCUT2D eigenvalue weighted by molar-refractivity contribution is 7.55. The van der Waals surface area contributed by atoms with Crippen LogP contribution >= 0.6 is 19.3 Å². The molecule has 3 amide bonds. The normalized spacial score (nSPS) is 14.5. The SMILES string of the molecule is COc1cc2nccc(Oc3ccc(NC(=O)NC4CC4)c(Cl)c3)c2cc1C(=O)NP(=O)(NC(C)C(=O)O)OCc1ccccc1C. The number of carboxylic acids is 1. The van der Waals surface area contributed by atoms with Gasteiger partial charge < -0.3 is 25.2 Å². The molecule has 0 bridgehead atoms. The molecule has 1 fully saturated rings. The highest BCUT2D eigenvalue weighted by Gasteiger charge is 2.32. The van der Waals surface area contributed by atoms with E-state index >= 15 is 0 Å². The first-order valence-corrected chi connectivity index (χ1v) is 16.6. The molecular weight excluding hydrogens is 649 g/mol. The average molecular weight is 682 g/mol. The predicted molar refractivity (Wildman–Crippen MR) is 176 cm³/mol. The molecule has 2 unspecified atom stereocenters. The Kier molecular flexibility index (Phi) is 10.3. The first kappa shape index (κ1) is 33.7. The molecule has 5 N–H and O–H groups in total. The largest absolute Gasteiger partial charge is 0.496 e. The van der Waals surface area contributed by atoms with E-state index in [4.69, 9.17) is 25.6 Å². The number of nitrogens with one attached hydrogen (secondary N) is 4. The Bertz CT molecular complexity index is 1890. The minimum absolute atomic E-state index is 0.0402. The zero-order valence-corrected chi connectivity index (χ0v) is 27.4. The number of ether oxygens (including phenoxy) is 2. The van der Waals surface area contributed by atoms with Crippen LogP contribution in [0.2, 0.25) is 5.02 Å². The molecule has 0 saturated heterocycles. The van der Waals surface area contributed by atoms with Crippen molar-refractivity contribution in [3.05, 3.63) is 88.6 Å². The number of hydrogen-bond donors (Lipinski definition) is 5. The number of aliphatic carboxylic acids is 1. The third-order valence-corrected chi connectivity index (χ3v) is 9.27. The van der Waals surface area contributed by atoms with Gasteiger partial charge in [0.15, 0.2) is 0 Å². The summed E-state index contributed by atoms with van der Waals surface area (Å²) in [6.07, 6.45) is 3.41.